The lowest BCUT2D eigenvalue weighted by molar-refractivity contribution is -0.275. The molecule has 1 aromatic carbocycles. The Labute approximate surface area is 139 Å². The molecule has 2 rings (SSSR count). The van der Waals surface area contributed by atoms with Crippen LogP contribution in [0.2, 0.25) is 0 Å². The first-order valence-corrected chi connectivity index (χ1v) is 6.64. The van der Waals surface area contributed by atoms with Gasteiger partial charge in [-0.2, -0.15) is 13.2 Å². The molecule has 3 nitrogen and oxygen atoms in total. The van der Waals surface area contributed by atoms with Gasteiger partial charge in [0.15, 0.2) is 11.6 Å². The third-order valence-corrected chi connectivity index (χ3v) is 3.32. The van der Waals surface area contributed by atoms with Gasteiger partial charge in [-0.3, -0.25) is 4.90 Å². The largest absolute Gasteiger partial charge is 0.573 e. The van der Waals surface area contributed by atoms with E-state index in [4.69, 9.17) is 0 Å². The molecule has 1 fully saturated rings. The highest BCUT2D eigenvalue weighted by Crippen LogP contribution is 2.39. The average molecular weight is 383 g/mol. The molecule has 1 atom stereocenters. The minimum Gasteiger partial charge on any atom is -0.403 e. The van der Waals surface area contributed by atoms with E-state index in [9.17, 15) is 30.7 Å². The quantitative estimate of drug-likeness (QED) is 0.808. The van der Waals surface area contributed by atoms with E-state index in [0.717, 1.165) is 11.0 Å². The van der Waals surface area contributed by atoms with Gasteiger partial charge >= 0.3 is 12.5 Å². The topological polar surface area (TPSA) is 24.5 Å². The van der Waals surface area contributed by atoms with E-state index >= 15 is 0 Å². The maximum Gasteiger partial charge on any atom is 0.573 e. The van der Waals surface area contributed by atoms with Crippen LogP contribution in [0.5, 0.6) is 5.75 Å². The van der Waals surface area contributed by atoms with Crippen molar-refractivity contribution in [3.05, 3.63) is 29.6 Å². The molecule has 0 aliphatic carbocycles. The van der Waals surface area contributed by atoms with Crippen LogP contribution in [0.15, 0.2) is 18.2 Å². The molecule has 1 N–H and O–H groups in total. The Kier molecular flexibility index (Phi) is 6.71. The van der Waals surface area contributed by atoms with Gasteiger partial charge in [0.1, 0.15) is 6.04 Å². The van der Waals surface area contributed by atoms with Crippen molar-refractivity contribution < 1.29 is 35.5 Å². The van der Waals surface area contributed by atoms with Gasteiger partial charge in [0.25, 0.3) is 0 Å². The molecule has 24 heavy (non-hydrogen) atoms. The lowest BCUT2D eigenvalue weighted by atomic mass is 10.0. The Balaban J connectivity index is 0.00000288. The van der Waals surface area contributed by atoms with E-state index in [2.05, 4.69) is 10.1 Å². The number of piperazine rings is 1. The smallest absolute Gasteiger partial charge is 0.403 e. The van der Waals surface area contributed by atoms with Gasteiger partial charge in [-0.15, -0.1) is 25.6 Å². The summed E-state index contributed by atoms with van der Waals surface area (Å²) in [7, 11) is 0. The minimum atomic E-state index is -5.12. The van der Waals surface area contributed by atoms with Gasteiger partial charge in [-0.1, -0.05) is 6.07 Å². The molecular weight excluding hydrogens is 369 g/mol. The molecule has 11 heteroatoms. The molecule has 1 aliphatic heterocycles. The van der Waals surface area contributed by atoms with Crippen LogP contribution in [0.25, 0.3) is 0 Å². The summed E-state index contributed by atoms with van der Waals surface area (Å²) in [6.45, 7) is 0.855. The Morgan fingerprint density at radius 2 is 1.62 bits per heavy atom. The molecule has 0 amide bonds. The monoisotopic (exact) mass is 382 g/mol. The highest BCUT2D eigenvalue weighted by atomic mass is 35.5. The second-order valence-electron chi connectivity index (χ2n) is 4.97. The summed E-state index contributed by atoms with van der Waals surface area (Å²) in [5.41, 5.74) is -0.466. The second kappa shape index (κ2) is 7.75. The van der Waals surface area contributed by atoms with Crippen molar-refractivity contribution in [2.45, 2.75) is 18.6 Å². The Morgan fingerprint density at radius 1 is 1.04 bits per heavy atom. The summed E-state index contributed by atoms with van der Waals surface area (Å²) in [5, 5.41) is 2.89. The fourth-order valence-corrected chi connectivity index (χ4v) is 2.44. The van der Waals surface area contributed by atoms with Crippen molar-refractivity contribution in [1.82, 2.24) is 10.2 Å². The summed E-state index contributed by atoms with van der Waals surface area (Å²) in [5.74, 6) is -2.66. The number of benzene rings is 1. The average Bonchev–Trinajstić information content (AvgIpc) is 2.40. The molecule has 0 bridgehead atoms. The summed E-state index contributed by atoms with van der Waals surface area (Å²) in [6, 6.07) is -0.302. The van der Waals surface area contributed by atoms with E-state index in [1.54, 1.807) is 0 Å². The van der Waals surface area contributed by atoms with Crippen molar-refractivity contribution in [3.8, 4) is 5.75 Å². The van der Waals surface area contributed by atoms with E-state index in [-0.39, 0.29) is 25.5 Å². The van der Waals surface area contributed by atoms with Crippen LogP contribution in [0.1, 0.15) is 11.6 Å². The third-order valence-electron chi connectivity index (χ3n) is 3.32. The summed E-state index contributed by atoms with van der Waals surface area (Å²) >= 11 is 0. The number of halogens is 8. The predicted octanol–water partition coefficient (Wildman–Crippen LogP) is 3.65. The zero-order valence-electron chi connectivity index (χ0n) is 12.0. The first-order valence-electron chi connectivity index (χ1n) is 6.64. The molecular formula is C13H14ClF7N2O. The lowest BCUT2D eigenvalue weighted by Gasteiger charge is -2.36. The maximum atomic E-state index is 13.7. The standard InChI is InChI=1S/C13H13F7N2O.ClH/c14-9-7-8(1-2-10(9)23-13(18,19)20)11(12(15,16)17)22-5-3-21-4-6-22;/h1-2,7,11,21H,3-6H2;1H/t11-;/m1./s1. The highest BCUT2D eigenvalue weighted by molar-refractivity contribution is 5.85. The summed E-state index contributed by atoms with van der Waals surface area (Å²) < 4.78 is 93.2. The molecule has 0 saturated carbocycles. The summed E-state index contributed by atoms with van der Waals surface area (Å²) in [6.07, 6.45) is -9.81. The van der Waals surface area contributed by atoms with E-state index in [1.807, 2.05) is 0 Å². The van der Waals surface area contributed by atoms with E-state index < -0.39 is 35.7 Å². The van der Waals surface area contributed by atoms with Gasteiger partial charge in [-0.05, 0) is 17.7 Å². The lowest BCUT2D eigenvalue weighted by Crippen LogP contribution is -2.49. The first-order chi connectivity index (χ1) is 10.6. The maximum absolute atomic E-state index is 13.7. The Hall–Kier alpha value is -1.26. The fourth-order valence-electron chi connectivity index (χ4n) is 2.44. The SMILES string of the molecule is Cl.Fc1cc([C@@H](N2CCNCC2)C(F)(F)F)ccc1OC(F)(F)F. The van der Waals surface area contributed by atoms with Gasteiger partial charge in [0, 0.05) is 26.2 Å². The highest BCUT2D eigenvalue weighted by Gasteiger charge is 2.45. The van der Waals surface area contributed by atoms with Gasteiger partial charge in [0.2, 0.25) is 0 Å². The molecule has 0 spiro atoms. The second-order valence-corrected chi connectivity index (χ2v) is 4.97. The minimum absolute atomic E-state index is 0. The molecule has 0 aromatic heterocycles. The molecule has 1 heterocycles. The van der Waals surface area contributed by atoms with Crippen molar-refractivity contribution in [3.63, 3.8) is 0 Å². The van der Waals surface area contributed by atoms with E-state index in [1.165, 1.54) is 0 Å². The normalized spacial score (nSPS) is 18.0. The van der Waals surface area contributed by atoms with Crippen LogP contribution in [-0.4, -0.2) is 43.6 Å². The van der Waals surface area contributed by atoms with Crippen LogP contribution in [0.3, 0.4) is 0 Å². The molecule has 1 aliphatic rings. The predicted molar refractivity (Wildman–Crippen MR) is 73.6 cm³/mol. The van der Waals surface area contributed by atoms with Gasteiger partial charge < -0.3 is 10.1 Å². The molecule has 1 saturated heterocycles. The van der Waals surface area contributed by atoms with Gasteiger partial charge in [-0.25, -0.2) is 4.39 Å². The van der Waals surface area contributed by atoms with Crippen molar-refractivity contribution in [1.29, 1.82) is 0 Å². The zero-order chi connectivity index (χ0) is 17.3. The van der Waals surface area contributed by atoms with Gasteiger partial charge in [0.05, 0.1) is 0 Å². The van der Waals surface area contributed by atoms with Crippen LogP contribution >= 0.6 is 12.4 Å². The number of ether oxygens (including phenoxy) is 1. The number of hydrogen-bond acceptors (Lipinski definition) is 3. The number of alkyl halides is 6. The number of nitrogens with one attached hydrogen (secondary N) is 1. The Morgan fingerprint density at radius 3 is 2.08 bits per heavy atom. The third kappa shape index (κ3) is 5.38. The molecule has 0 radical (unpaired) electrons. The zero-order valence-corrected chi connectivity index (χ0v) is 12.9. The number of nitrogens with zero attached hydrogens (tertiary/aromatic N) is 1. The van der Waals surface area contributed by atoms with Crippen LogP contribution in [-0.2, 0) is 0 Å². The summed E-state index contributed by atoms with van der Waals surface area (Å²) in [4.78, 5) is 1.11. The molecule has 1 aromatic rings. The molecule has 138 valence electrons. The first kappa shape index (κ1) is 20.8. The van der Waals surface area contributed by atoms with Crippen LogP contribution in [0, 0.1) is 5.82 Å². The Bertz CT molecular complexity index is 544. The van der Waals surface area contributed by atoms with Crippen molar-refractivity contribution in [2.24, 2.45) is 0 Å². The molecule has 0 unspecified atom stereocenters. The van der Waals surface area contributed by atoms with Crippen molar-refractivity contribution >= 4 is 12.4 Å². The van der Waals surface area contributed by atoms with Crippen molar-refractivity contribution in [2.75, 3.05) is 26.2 Å². The number of rotatable bonds is 3. The number of hydrogen-bond donors (Lipinski definition) is 1. The van der Waals surface area contributed by atoms with Crippen LogP contribution in [0.4, 0.5) is 30.7 Å². The van der Waals surface area contributed by atoms with E-state index in [0.29, 0.717) is 25.2 Å². The fraction of sp³-hybridized carbons (Fsp3) is 0.538. The van der Waals surface area contributed by atoms with Crippen LogP contribution < -0.4 is 10.1 Å².